The van der Waals surface area contributed by atoms with E-state index in [0.29, 0.717) is 18.2 Å². The van der Waals surface area contributed by atoms with Gasteiger partial charge in [0, 0.05) is 38.4 Å². The van der Waals surface area contributed by atoms with E-state index in [1.807, 2.05) is 0 Å². The summed E-state index contributed by atoms with van der Waals surface area (Å²) in [5, 5.41) is 3.51. The SMILES string of the molecule is CCCc1ccc([C@H](NCc2cc(=O)n(C)c(=O)n2C)C(C)C)cc1. The molecule has 0 saturated heterocycles. The van der Waals surface area contributed by atoms with Gasteiger partial charge in [-0.3, -0.25) is 13.9 Å². The van der Waals surface area contributed by atoms with Crippen molar-refractivity contribution in [2.24, 2.45) is 20.0 Å². The molecule has 136 valence electrons. The molecule has 0 saturated carbocycles. The number of nitrogens with one attached hydrogen (secondary N) is 1. The smallest absolute Gasteiger partial charge is 0.304 e. The van der Waals surface area contributed by atoms with Crippen LogP contribution in [0.25, 0.3) is 0 Å². The molecule has 1 N–H and O–H groups in total. The second kappa shape index (κ2) is 8.30. The maximum atomic E-state index is 12.1. The van der Waals surface area contributed by atoms with Crippen molar-refractivity contribution < 1.29 is 0 Å². The van der Waals surface area contributed by atoms with Crippen LogP contribution in [0.4, 0.5) is 0 Å². The summed E-state index contributed by atoms with van der Waals surface area (Å²) in [6.07, 6.45) is 2.23. The van der Waals surface area contributed by atoms with Gasteiger partial charge in [-0.2, -0.15) is 0 Å². The number of benzene rings is 1. The minimum atomic E-state index is -0.297. The number of hydrogen-bond donors (Lipinski definition) is 1. The molecular weight excluding hydrogens is 314 g/mol. The molecule has 1 heterocycles. The molecule has 0 unspecified atom stereocenters. The molecule has 0 bridgehead atoms. The molecule has 5 heteroatoms. The summed E-state index contributed by atoms with van der Waals surface area (Å²) in [6.45, 7) is 6.99. The maximum Gasteiger partial charge on any atom is 0.330 e. The van der Waals surface area contributed by atoms with Crippen LogP contribution in [-0.4, -0.2) is 9.13 Å². The van der Waals surface area contributed by atoms with Gasteiger partial charge in [-0.25, -0.2) is 4.79 Å². The first kappa shape index (κ1) is 19.2. The third kappa shape index (κ3) is 4.48. The molecule has 0 aliphatic heterocycles. The molecule has 0 aliphatic rings. The van der Waals surface area contributed by atoms with Crippen LogP contribution < -0.4 is 16.6 Å². The highest BCUT2D eigenvalue weighted by Gasteiger charge is 2.16. The Morgan fingerprint density at radius 2 is 1.68 bits per heavy atom. The van der Waals surface area contributed by atoms with E-state index in [4.69, 9.17) is 0 Å². The van der Waals surface area contributed by atoms with Crippen LogP contribution in [0.3, 0.4) is 0 Å². The standard InChI is InChI=1S/C20H29N3O2/c1-6-7-15-8-10-16(11-9-15)19(14(2)3)21-13-17-12-18(24)23(5)20(25)22(17)4/h8-12,14,19,21H,6-7,13H2,1-5H3/t19-/m1/s1. The molecule has 0 radical (unpaired) electrons. The Kier molecular flexibility index (Phi) is 6.37. The van der Waals surface area contributed by atoms with Crippen LogP contribution in [0.2, 0.25) is 0 Å². The van der Waals surface area contributed by atoms with Crippen LogP contribution in [0.5, 0.6) is 0 Å². The third-order valence-corrected chi connectivity index (χ3v) is 4.67. The largest absolute Gasteiger partial charge is 0.330 e. The van der Waals surface area contributed by atoms with Crippen LogP contribution in [0.1, 0.15) is 50.1 Å². The van der Waals surface area contributed by atoms with Crippen molar-refractivity contribution in [3.8, 4) is 0 Å². The average Bonchev–Trinajstić information content (AvgIpc) is 2.59. The van der Waals surface area contributed by atoms with Crippen LogP contribution >= 0.6 is 0 Å². The second-order valence-corrected chi connectivity index (χ2v) is 6.97. The predicted octanol–water partition coefficient (Wildman–Crippen LogP) is 2.52. The van der Waals surface area contributed by atoms with Gasteiger partial charge in [0.2, 0.25) is 0 Å². The van der Waals surface area contributed by atoms with Crippen molar-refractivity contribution in [3.63, 3.8) is 0 Å². The molecule has 25 heavy (non-hydrogen) atoms. The Morgan fingerprint density at radius 3 is 2.24 bits per heavy atom. The van der Waals surface area contributed by atoms with Gasteiger partial charge in [0.05, 0.1) is 0 Å². The van der Waals surface area contributed by atoms with Crippen molar-refractivity contribution in [2.75, 3.05) is 0 Å². The number of hydrogen-bond acceptors (Lipinski definition) is 3. The Hall–Kier alpha value is -2.14. The molecule has 1 atom stereocenters. The molecule has 1 aromatic heterocycles. The normalized spacial score (nSPS) is 12.6. The number of aryl methyl sites for hydroxylation is 1. The first-order valence-corrected chi connectivity index (χ1v) is 8.93. The van der Waals surface area contributed by atoms with Gasteiger partial charge in [0.15, 0.2) is 0 Å². The van der Waals surface area contributed by atoms with E-state index in [9.17, 15) is 9.59 Å². The molecule has 0 aliphatic carbocycles. The summed E-state index contributed by atoms with van der Waals surface area (Å²) in [7, 11) is 3.19. The van der Waals surface area contributed by atoms with E-state index in [1.165, 1.54) is 28.8 Å². The van der Waals surface area contributed by atoms with E-state index in [-0.39, 0.29) is 17.3 Å². The molecule has 2 aromatic rings. The monoisotopic (exact) mass is 343 g/mol. The number of aromatic nitrogens is 2. The summed E-state index contributed by atoms with van der Waals surface area (Å²) in [6, 6.07) is 10.4. The summed E-state index contributed by atoms with van der Waals surface area (Å²) in [5.41, 5.74) is 2.70. The summed E-state index contributed by atoms with van der Waals surface area (Å²) >= 11 is 0. The third-order valence-electron chi connectivity index (χ3n) is 4.67. The summed E-state index contributed by atoms with van der Waals surface area (Å²) in [4.78, 5) is 23.9. The highest BCUT2D eigenvalue weighted by Crippen LogP contribution is 2.22. The lowest BCUT2D eigenvalue weighted by Gasteiger charge is -2.24. The van der Waals surface area contributed by atoms with Gasteiger partial charge in [-0.1, -0.05) is 51.5 Å². The minimum absolute atomic E-state index is 0.162. The number of rotatable bonds is 7. The molecule has 0 spiro atoms. The lowest BCUT2D eigenvalue weighted by molar-refractivity contribution is 0.403. The zero-order valence-electron chi connectivity index (χ0n) is 15.9. The van der Waals surface area contributed by atoms with Crippen molar-refractivity contribution >= 4 is 0 Å². The van der Waals surface area contributed by atoms with Gasteiger partial charge in [0.25, 0.3) is 5.56 Å². The topological polar surface area (TPSA) is 56.0 Å². The van der Waals surface area contributed by atoms with E-state index >= 15 is 0 Å². The van der Waals surface area contributed by atoms with E-state index in [0.717, 1.165) is 17.4 Å². The molecule has 5 nitrogen and oxygen atoms in total. The fraction of sp³-hybridized carbons (Fsp3) is 0.500. The first-order chi connectivity index (χ1) is 11.8. The number of nitrogens with zero attached hydrogens (tertiary/aromatic N) is 2. The molecular formula is C20H29N3O2. The van der Waals surface area contributed by atoms with Gasteiger partial charge >= 0.3 is 5.69 Å². The van der Waals surface area contributed by atoms with Crippen LogP contribution in [0.15, 0.2) is 39.9 Å². The van der Waals surface area contributed by atoms with Crippen LogP contribution in [-0.2, 0) is 27.1 Å². The highest BCUT2D eigenvalue weighted by molar-refractivity contribution is 5.25. The first-order valence-electron chi connectivity index (χ1n) is 8.93. The Labute approximate surface area is 149 Å². The molecule has 1 aromatic carbocycles. The predicted molar refractivity (Wildman–Crippen MR) is 102 cm³/mol. The van der Waals surface area contributed by atoms with Gasteiger partial charge in [-0.15, -0.1) is 0 Å². The fourth-order valence-electron chi connectivity index (χ4n) is 3.08. The van der Waals surface area contributed by atoms with Crippen LogP contribution in [0, 0.1) is 5.92 Å². The Morgan fingerprint density at radius 1 is 1.04 bits per heavy atom. The zero-order chi connectivity index (χ0) is 18.6. The maximum absolute atomic E-state index is 12.1. The van der Waals surface area contributed by atoms with Crippen molar-refractivity contribution in [2.45, 2.75) is 46.2 Å². The summed E-state index contributed by atoms with van der Waals surface area (Å²) in [5.74, 6) is 0.389. The lowest BCUT2D eigenvalue weighted by Crippen LogP contribution is -2.39. The average molecular weight is 343 g/mol. The second-order valence-electron chi connectivity index (χ2n) is 6.97. The fourth-order valence-corrected chi connectivity index (χ4v) is 3.08. The highest BCUT2D eigenvalue weighted by atomic mass is 16.2. The van der Waals surface area contributed by atoms with E-state index in [1.54, 1.807) is 7.05 Å². The van der Waals surface area contributed by atoms with Crippen molar-refractivity contribution in [1.29, 1.82) is 0 Å². The van der Waals surface area contributed by atoms with Gasteiger partial charge in [-0.05, 0) is 23.5 Å². The molecule has 2 rings (SSSR count). The minimum Gasteiger partial charge on any atom is -0.304 e. The Bertz CT molecular complexity index is 816. The van der Waals surface area contributed by atoms with Crippen molar-refractivity contribution in [1.82, 2.24) is 14.5 Å². The molecule has 0 fully saturated rings. The quantitative estimate of drug-likeness (QED) is 0.840. The lowest BCUT2D eigenvalue weighted by atomic mass is 9.94. The Balaban J connectivity index is 2.21. The van der Waals surface area contributed by atoms with Gasteiger partial charge in [0.1, 0.15) is 0 Å². The summed E-state index contributed by atoms with van der Waals surface area (Å²) < 4.78 is 2.64. The zero-order valence-corrected chi connectivity index (χ0v) is 15.9. The molecule has 0 amide bonds. The van der Waals surface area contributed by atoms with Gasteiger partial charge < -0.3 is 5.32 Å². The van der Waals surface area contributed by atoms with E-state index in [2.05, 4.69) is 50.4 Å². The van der Waals surface area contributed by atoms with E-state index < -0.39 is 0 Å². The van der Waals surface area contributed by atoms with Crippen molar-refractivity contribution in [3.05, 3.63) is 68.0 Å².